The number of carbonyl (C=O) groups is 3. The van der Waals surface area contributed by atoms with Crippen molar-refractivity contribution in [2.24, 2.45) is 0 Å². The lowest BCUT2D eigenvalue weighted by Crippen LogP contribution is -2.53. The van der Waals surface area contributed by atoms with Gasteiger partial charge in [0.25, 0.3) is 0 Å². The third-order valence-electron chi connectivity index (χ3n) is 6.51. The first kappa shape index (κ1) is 30.6. The molecular weight excluding hydrogens is 526 g/mol. The molecule has 0 aromatic heterocycles. The summed E-state index contributed by atoms with van der Waals surface area (Å²) in [7, 11) is -3.91. The van der Waals surface area contributed by atoms with Gasteiger partial charge < -0.3 is 10.2 Å². The second-order valence-electron chi connectivity index (χ2n) is 9.88. The van der Waals surface area contributed by atoms with Gasteiger partial charge in [-0.15, -0.1) is 0 Å². The maximum absolute atomic E-state index is 14.0. The van der Waals surface area contributed by atoms with Gasteiger partial charge in [0.05, 0.1) is 11.9 Å². The molecule has 3 rings (SSSR count). The normalized spacial score (nSPS) is 11.9. The molecule has 1 atom stereocenters. The van der Waals surface area contributed by atoms with E-state index >= 15 is 0 Å². The van der Waals surface area contributed by atoms with Gasteiger partial charge in [-0.25, -0.2) is 8.42 Å². The summed E-state index contributed by atoms with van der Waals surface area (Å²) in [5.74, 6) is -1.07. The number of hydrogen-bond acceptors (Lipinski definition) is 5. The van der Waals surface area contributed by atoms with Crippen molar-refractivity contribution in [3.63, 3.8) is 0 Å². The molecule has 0 fully saturated rings. The van der Waals surface area contributed by atoms with Crippen molar-refractivity contribution in [2.75, 3.05) is 23.7 Å². The Morgan fingerprint density at radius 3 is 2.17 bits per heavy atom. The van der Waals surface area contributed by atoms with Crippen molar-refractivity contribution in [1.82, 2.24) is 10.2 Å². The molecule has 0 unspecified atom stereocenters. The summed E-state index contributed by atoms with van der Waals surface area (Å²) >= 11 is 0. The van der Waals surface area contributed by atoms with Crippen molar-refractivity contribution < 1.29 is 22.8 Å². The molecule has 0 aliphatic heterocycles. The molecule has 9 heteroatoms. The van der Waals surface area contributed by atoms with Crippen LogP contribution in [0, 0.1) is 6.92 Å². The number of anilines is 1. The van der Waals surface area contributed by atoms with Crippen molar-refractivity contribution in [3.05, 3.63) is 101 Å². The summed E-state index contributed by atoms with van der Waals surface area (Å²) in [6.07, 6.45) is 2.00. The average molecular weight is 564 g/mol. The Balaban J connectivity index is 2.05. The second-order valence-corrected chi connectivity index (χ2v) is 11.8. The number of aryl methyl sites for hydroxylation is 1. The van der Waals surface area contributed by atoms with E-state index in [2.05, 4.69) is 5.32 Å². The molecule has 0 bridgehead atoms. The van der Waals surface area contributed by atoms with E-state index in [0.29, 0.717) is 12.1 Å². The maximum Gasteiger partial charge on any atom is 0.244 e. The summed E-state index contributed by atoms with van der Waals surface area (Å²) in [6, 6.07) is 22.3. The first-order valence-corrected chi connectivity index (χ1v) is 15.1. The summed E-state index contributed by atoms with van der Waals surface area (Å²) in [6.45, 7) is 5.33. The number of amides is 2. The molecule has 1 N–H and O–H groups in total. The summed E-state index contributed by atoms with van der Waals surface area (Å²) in [5.41, 5.74) is 3.27. The molecule has 0 heterocycles. The summed E-state index contributed by atoms with van der Waals surface area (Å²) in [5, 5.41) is 2.92. The number of rotatable bonds is 13. The van der Waals surface area contributed by atoms with Gasteiger partial charge >= 0.3 is 0 Å². The van der Waals surface area contributed by atoms with Gasteiger partial charge in [-0.2, -0.15) is 0 Å². The van der Waals surface area contributed by atoms with E-state index in [1.54, 1.807) is 18.2 Å². The molecule has 3 aromatic rings. The Morgan fingerprint density at radius 2 is 1.57 bits per heavy atom. The van der Waals surface area contributed by atoms with Crippen LogP contribution in [0.2, 0.25) is 0 Å². The van der Waals surface area contributed by atoms with Crippen molar-refractivity contribution in [1.29, 1.82) is 0 Å². The number of Topliss-reactive ketones (excluding diaryl/α,β-unsaturated/α-hetero) is 1. The number of carbonyl (C=O) groups excluding carboxylic acids is 3. The van der Waals surface area contributed by atoms with Gasteiger partial charge in [-0.05, 0) is 43.5 Å². The zero-order chi connectivity index (χ0) is 29.3. The van der Waals surface area contributed by atoms with Crippen LogP contribution in [-0.2, 0) is 32.6 Å². The van der Waals surface area contributed by atoms with Crippen LogP contribution in [0.5, 0.6) is 0 Å². The van der Waals surface area contributed by atoms with Gasteiger partial charge in [-0.3, -0.25) is 18.7 Å². The van der Waals surface area contributed by atoms with Gasteiger partial charge in [-0.1, -0.05) is 79.2 Å². The molecule has 0 saturated heterocycles. The molecule has 40 heavy (non-hydrogen) atoms. The summed E-state index contributed by atoms with van der Waals surface area (Å²) in [4.78, 5) is 41.0. The zero-order valence-corrected chi connectivity index (χ0v) is 24.3. The van der Waals surface area contributed by atoms with E-state index in [1.165, 1.54) is 17.9 Å². The minimum atomic E-state index is -3.91. The Bertz CT molecular complexity index is 1420. The van der Waals surface area contributed by atoms with Crippen LogP contribution in [0.15, 0.2) is 78.9 Å². The smallest absolute Gasteiger partial charge is 0.244 e. The topological polar surface area (TPSA) is 104 Å². The fourth-order valence-electron chi connectivity index (χ4n) is 4.30. The Morgan fingerprint density at radius 1 is 0.900 bits per heavy atom. The Hall–Kier alpha value is -3.98. The minimum absolute atomic E-state index is 0.112. The lowest BCUT2D eigenvalue weighted by atomic mass is 10.0. The van der Waals surface area contributed by atoms with Crippen molar-refractivity contribution in [2.45, 2.75) is 46.2 Å². The van der Waals surface area contributed by atoms with Crippen LogP contribution >= 0.6 is 0 Å². The van der Waals surface area contributed by atoms with Crippen LogP contribution in [0.1, 0.15) is 47.3 Å². The zero-order valence-electron chi connectivity index (χ0n) is 23.5. The predicted molar refractivity (Wildman–Crippen MR) is 158 cm³/mol. The quantitative estimate of drug-likeness (QED) is 0.315. The van der Waals surface area contributed by atoms with E-state index in [1.807, 2.05) is 68.4 Å². The number of sulfonamides is 1. The van der Waals surface area contributed by atoms with Crippen LogP contribution in [0.4, 0.5) is 5.69 Å². The van der Waals surface area contributed by atoms with Gasteiger partial charge in [0, 0.05) is 25.1 Å². The van der Waals surface area contributed by atoms with Gasteiger partial charge in [0.1, 0.15) is 12.6 Å². The van der Waals surface area contributed by atoms with Crippen LogP contribution in [-0.4, -0.2) is 56.3 Å². The molecule has 0 spiro atoms. The molecule has 212 valence electrons. The number of ketones is 1. The summed E-state index contributed by atoms with van der Waals surface area (Å²) < 4.78 is 26.8. The molecule has 0 aliphatic carbocycles. The van der Waals surface area contributed by atoms with Crippen molar-refractivity contribution in [3.8, 4) is 0 Å². The third-order valence-corrected chi connectivity index (χ3v) is 7.65. The highest BCUT2D eigenvalue weighted by Crippen LogP contribution is 2.22. The lowest BCUT2D eigenvalue weighted by molar-refractivity contribution is -0.140. The highest BCUT2D eigenvalue weighted by atomic mass is 32.2. The molecule has 0 radical (unpaired) electrons. The van der Waals surface area contributed by atoms with E-state index in [0.717, 1.165) is 33.7 Å². The van der Waals surface area contributed by atoms with E-state index in [-0.39, 0.29) is 30.3 Å². The van der Waals surface area contributed by atoms with Gasteiger partial charge in [0.15, 0.2) is 5.78 Å². The first-order chi connectivity index (χ1) is 19.0. The molecule has 8 nitrogen and oxygen atoms in total. The Kier molecular flexibility index (Phi) is 10.6. The lowest BCUT2D eigenvalue weighted by Gasteiger charge is -2.33. The minimum Gasteiger partial charge on any atom is -0.354 e. The standard InChI is InChI=1S/C31H37N3O5S/c1-5-18-32-31(37)29(19-25-10-7-6-8-11-25)33(21-26-16-14-23(2)15-17-26)30(36)22-34(40(4,38)39)28-13-9-12-27(20-28)24(3)35/h6-17,20,29H,5,18-19,21-22H2,1-4H3,(H,32,37)/t29-/m1/s1. The first-order valence-electron chi connectivity index (χ1n) is 13.2. The Labute approximate surface area is 237 Å². The van der Waals surface area contributed by atoms with Crippen molar-refractivity contribution >= 4 is 33.3 Å². The van der Waals surface area contributed by atoms with Crippen LogP contribution < -0.4 is 9.62 Å². The maximum atomic E-state index is 14.0. The molecule has 3 aromatic carbocycles. The predicted octanol–water partition coefficient (Wildman–Crippen LogP) is 4.13. The highest BCUT2D eigenvalue weighted by Gasteiger charge is 2.33. The fraction of sp³-hybridized carbons (Fsp3) is 0.323. The number of nitrogens with one attached hydrogen (secondary N) is 1. The monoisotopic (exact) mass is 563 g/mol. The molecule has 2 amide bonds. The molecule has 0 aliphatic rings. The van der Waals surface area contributed by atoms with E-state index in [4.69, 9.17) is 0 Å². The average Bonchev–Trinajstić information content (AvgIpc) is 2.93. The number of nitrogens with zero attached hydrogens (tertiary/aromatic N) is 2. The fourth-order valence-corrected chi connectivity index (χ4v) is 5.15. The second kappa shape index (κ2) is 13.9. The third kappa shape index (κ3) is 8.51. The van der Waals surface area contributed by atoms with Crippen LogP contribution in [0.25, 0.3) is 0 Å². The molecule has 0 saturated carbocycles. The van der Waals surface area contributed by atoms with Crippen LogP contribution in [0.3, 0.4) is 0 Å². The van der Waals surface area contributed by atoms with E-state index < -0.39 is 28.5 Å². The highest BCUT2D eigenvalue weighted by molar-refractivity contribution is 7.92. The van der Waals surface area contributed by atoms with Gasteiger partial charge in [0.2, 0.25) is 21.8 Å². The number of hydrogen-bond donors (Lipinski definition) is 1. The van der Waals surface area contributed by atoms with E-state index in [9.17, 15) is 22.8 Å². The number of benzene rings is 3. The molecular formula is C31H37N3O5S. The largest absolute Gasteiger partial charge is 0.354 e. The SMILES string of the molecule is CCCNC(=O)[C@@H](Cc1ccccc1)N(Cc1ccc(C)cc1)C(=O)CN(c1cccc(C(C)=O)c1)S(C)(=O)=O.